The number of phenols is 1. The fraction of sp³-hybridized carbons (Fsp3) is 0.250. The van der Waals surface area contributed by atoms with Crippen LogP contribution in [0.25, 0.3) is 0 Å². The second-order valence-electron chi connectivity index (χ2n) is 4.79. The second kappa shape index (κ2) is 4.25. The van der Waals surface area contributed by atoms with Crippen molar-refractivity contribution in [3.05, 3.63) is 65.7 Å². The highest BCUT2D eigenvalue weighted by Gasteiger charge is 2.32. The zero-order chi connectivity index (χ0) is 11.7. The summed E-state index contributed by atoms with van der Waals surface area (Å²) in [5.74, 6) is 1.63. The predicted molar refractivity (Wildman–Crippen MR) is 69.3 cm³/mol. The first-order valence-electron chi connectivity index (χ1n) is 6.18. The topological polar surface area (TPSA) is 20.2 Å². The van der Waals surface area contributed by atoms with Gasteiger partial charge >= 0.3 is 0 Å². The SMILES string of the molecule is Oc1ccc([C@@H]2CC[C@H]2c2ccccc2)cc1. The van der Waals surface area contributed by atoms with Gasteiger partial charge in [0, 0.05) is 0 Å². The van der Waals surface area contributed by atoms with Gasteiger partial charge in [0.1, 0.15) is 5.75 Å². The van der Waals surface area contributed by atoms with E-state index in [1.807, 2.05) is 0 Å². The molecule has 3 rings (SSSR count). The third-order valence-corrected chi connectivity index (χ3v) is 3.82. The van der Waals surface area contributed by atoms with Gasteiger partial charge in [0.25, 0.3) is 0 Å². The standard InChI is InChI=1S/C16H16O/c17-14-8-6-13(7-9-14)16-11-10-15(16)12-4-2-1-3-5-12/h1-9,15-17H,10-11H2/t15-,16-/m0/s1. The Morgan fingerprint density at radius 1 is 0.706 bits per heavy atom. The van der Waals surface area contributed by atoms with Crippen LogP contribution in [0.5, 0.6) is 5.75 Å². The van der Waals surface area contributed by atoms with Gasteiger partial charge in [-0.3, -0.25) is 0 Å². The molecular weight excluding hydrogens is 208 g/mol. The van der Waals surface area contributed by atoms with E-state index in [4.69, 9.17) is 0 Å². The molecule has 2 aromatic rings. The molecule has 17 heavy (non-hydrogen) atoms. The van der Waals surface area contributed by atoms with Crippen LogP contribution in [0.15, 0.2) is 54.6 Å². The molecule has 1 fully saturated rings. The normalized spacial score (nSPS) is 23.1. The summed E-state index contributed by atoms with van der Waals surface area (Å²) in [5, 5.41) is 9.31. The van der Waals surface area contributed by atoms with Crippen LogP contribution in [-0.2, 0) is 0 Å². The molecule has 0 unspecified atom stereocenters. The van der Waals surface area contributed by atoms with Gasteiger partial charge < -0.3 is 5.11 Å². The molecule has 0 heterocycles. The summed E-state index contributed by atoms with van der Waals surface area (Å²) in [5.41, 5.74) is 2.79. The van der Waals surface area contributed by atoms with Crippen molar-refractivity contribution in [3.63, 3.8) is 0 Å². The van der Waals surface area contributed by atoms with Crippen molar-refractivity contribution in [2.45, 2.75) is 24.7 Å². The van der Waals surface area contributed by atoms with Crippen LogP contribution in [0.2, 0.25) is 0 Å². The Hall–Kier alpha value is -1.76. The van der Waals surface area contributed by atoms with Crippen molar-refractivity contribution < 1.29 is 5.11 Å². The maximum Gasteiger partial charge on any atom is 0.115 e. The summed E-state index contributed by atoms with van der Waals surface area (Å²) in [6, 6.07) is 18.4. The Morgan fingerprint density at radius 2 is 1.24 bits per heavy atom. The highest BCUT2D eigenvalue weighted by Crippen LogP contribution is 2.49. The first-order chi connectivity index (χ1) is 8.34. The van der Waals surface area contributed by atoms with Gasteiger partial charge in [-0.1, -0.05) is 42.5 Å². The number of phenolic OH excluding ortho intramolecular Hbond substituents is 1. The predicted octanol–water partition coefficient (Wildman–Crippen LogP) is 4.05. The molecule has 2 aromatic carbocycles. The van der Waals surface area contributed by atoms with Crippen molar-refractivity contribution in [3.8, 4) is 5.75 Å². The fourth-order valence-corrected chi connectivity index (χ4v) is 2.72. The Balaban J connectivity index is 1.84. The van der Waals surface area contributed by atoms with Gasteiger partial charge in [0.05, 0.1) is 0 Å². The summed E-state index contributed by atoms with van der Waals surface area (Å²) in [6.07, 6.45) is 2.53. The van der Waals surface area contributed by atoms with Gasteiger partial charge in [-0.05, 0) is 47.9 Å². The zero-order valence-corrected chi connectivity index (χ0v) is 9.71. The van der Waals surface area contributed by atoms with Crippen LogP contribution in [0.1, 0.15) is 35.8 Å². The van der Waals surface area contributed by atoms with E-state index in [9.17, 15) is 5.11 Å². The minimum atomic E-state index is 0.351. The van der Waals surface area contributed by atoms with E-state index in [0.717, 1.165) is 0 Å². The number of hydrogen-bond acceptors (Lipinski definition) is 1. The van der Waals surface area contributed by atoms with Crippen LogP contribution in [0, 0.1) is 0 Å². The van der Waals surface area contributed by atoms with Gasteiger partial charge in [0.2, 0.25) is 0 Å². The maximum atomic E-state index is 9.31. The molecule has 0 spiro atoms. The summed E-state index contributed by atoms with van der Waals surface area (Å²) in [7, 11) is 0. The Labute approximate surface area is 102 Å². The minimum absolute atomic E-state index is 0.351. The molecule has 1 heteroatoms. The fourth-order valence-electron chi connectivity index (χ4n) is 2.72. The molecule has 0 aliphatic heterocycles. The van der Waals surface area contributed by atoms with E-state index in [-0.39, 0.29) is 0 Å². The van der Waals surface area contributed by atoms with Gasteiger partial charge in [-0.15, -0.1) is 0 Å². The molecule has 1 nitrogen and oxygen atoms in total. The molecule has 86 valence electrons. The van der Waals surface area contributed by atoms with E-state index in [2.05, 4.69) is 42.5 Å². The zero-order valence-electron chi connectivity index (χ0n) is 9.71. The van der Waals surface area contributed by atoms with Crippen molar-refractivity contribution >= 4 is 0 Å². The van der Waals surface area contributed by atoms with Gasteiger partial charge in [-0.2, -0.15) is 0 Å². The highest BCUT2D eigenvalue weighted by molar-refractivity contribution is 5.34. The first-order valence-corrected chi connectivity index (χ1v) is 6.18. The third-order valence-electron chi connectivity index (χ3n) is 3.82. The molecular formula is C16H16O. The van der Waals surface area contributed by atoms with Crippen molar-refractivity contribution in [2.24, 2.45) is 0 Å². The summed E-state index contributed by atoms with van der Waals surface area (Å²) < 4.78 is 0. The molecule has 1 N–H and O–H groups in total. The van der Waals surface area contributed by atoms with Crippen molar-refractivity contribution in [1.82, 2.24) is 0 Å². The maximum absolute atomic E-state index is 9.31. The molecule has 2 atom stereocenters. The monoisotopic (exact) mass is 224 g/mol. The molecule has 0 aromatic heterocycles. The lowest BCUT2D eigenvalue weighted by molar-refractivity contribution is 0.346. The average molecular weight is 224 g/mol. The van der Waals surface area contributed by atoms with Crippen molar-refractivity contribution in [2.75, 3.05) is 0 Å². The Morgan fingerprint density at radius 3 is 1.76 bits per heavy atom. The molecule has 1 aliphatic carbocycles. The summed E-state index contributed by atoms with van der Waals surface area (Å²) in [6.45, 7) is 0. The second-order valence-corrected chi connectivity index (χ2v) is 4.79. The quantitative estimate of drug-likeness (QED) is 0.815. The van der Waals surface area contributed by atoms with Crippen LogP contribution >= 0.6 is 0 Å². The number of aromatic hydroxyl groups is 1. The lowest BCUT2D eigenvalue weighted by atomic mass is 9.67. The van der Waals surface area contributed by atoms with E-state index >= 15 is 0 Å². The van der Waals surface area contributed by atoms with Crippen LogP contribution in [0.3, 0.4) is 0 Å². The Bertz CT molecular complexity index is 487. The lowest BCUT2D eigenvalue weighted by Gasteiger charge is -2.37. The van der Waals surface area contributed by atoms with E-state index in [0.29, 0.717) is 17.6 Å². The molecule has 0 amide bonds. The summed E-state index contributed by atoms with van der Waals surface area (Å²) >= 11 is 0. The van der Waals surface area contributed by atoms with E-state index in [1.165, 1.54) is 24.0 Å². The number of hydrogen-bond donors (Lipinski definition) is 1. The van der Waals surface area contributed by atoms with E-state index in [1.54, 1.807) is 12.1 Å². The number of rotatable bonds is 2. The third kappa shape index (κ3) is 1.93. The van der Waals surface area contributed by atoms with Crippen LogP contribution < -0.4 is 0 Å². The molecule has 0 bridgehead atoms. The lowest BCUT2D eigenvalue weighted by Crippen LogP contribution is -2.21. The summed E-state index contributed by atoms with van der Waals surface area (Å²) in [4.78, 5) is 0. The first kappa shape index (κ1) is 10.4. The minimum Gasteiger partial charge on any atom is -0.508 e. The van der Waals surface area contributed by atoms with Gasteiger partial charge in [-0.25, -0.2) is 0 Å². The molecule has 1 saturated carbocycles. The smallest absolute Gasteiger partial charge is 0.115 e. The van der Waals surface area contributed by atoms with Gasteiger partial charge in [0.15, 0.2) is 0 Å². The van der Waals surface area contributed by atoms with Crippen LogP contribution in [-0.4, -0.2) is 5.11 Å². The molecule has 1 aliphatic rings. The van der Waals surface area contributed by atoms with E-state index < -0.39 is 0 Å². The Kier molecular flexibility index (Phi) is 2.60. The molecule has 0 radical (unpaired) electrons. The van der Waals surface area contributed by atoms with Crippen LogP contribution in [0.4, 0.5) is 0 Å². The number of benzene rings is 2. The molecule has 0 saturated heterocycles. The largest absolute Gasteiger partial charge is 0.508 e. The van der Waals surface area contributed by atoms with Crippen molar-refractivity contribution in [1.29, 1.82) is 0 Å². The average Bonchev–Trinajstić information content (AvgIpc) is 2.32. The highest BCUT2D eigenvalue weighted by atomic mass is 16.3.